The van der Waals surface area contributed by atoms with Crippen molar-refractivity contribution in [1.29, 1.82) is 0 Å². The van der Waals surface area contributed by atoms with Crippen molar-refractivity contribution in [3.8, 4) is 17.1 Å². The Labute approximate surface area is 177 Å². The molecule has 1 aromatic heterocycles. The maximum Gasteiger partial charge on any atom is 0.343 e. The van der Waals surface area contributed by atoms with E-state index in [-0.39, 0.29) is 5.97 Å². The van der Waals surface area contributed by atoms with Crippen molar-refractivity contribution in [3.63, 3.8) is 0 Å². The van der Waals surface area contributed by atoms with E-state index in [1.165, 1.54) is 31.2 Å². The van der Waals surface area contributed by atoms with Gasteiger partial charge in [0.1, 0.15) is 5.75 Å². The Hall–Kier alpha value is -3.15. The fourth-order valence-electron chi connectivity index (χ4n) is 3.09. The normalized spacial score (nSPS) is 10.7. The predicted octanol–water partition coefficient (Wildman–Crippen LogP) is 5.23. The predicted molar refractivity (Wildman–Crippen MR) is 116 cm³/mol. The molecule has 0 radical (unpaired) electrons. The van der Waals surface area contributed by atoms with Gasteiger partial charge in [-0.1, -0.05) is 45.2 Å². The van der Waals surface area contributed by atoms with Gasteiger partial charge in [0, 0.05) is 12.0 Å². The van der Waals surface area contributed by atoms with E-state index in [9.17, 15) is 4.79 Å². The molecule has 0 unspecified atom stereocenters. The van der Waals surface area contributed by atoms with E-state index >= 15 is 0 Å². The lowest BCUT2D eigenvalue weighted by atomic mass is 10.0. The maximum absolute atomic E-state index is 12.4. The van der Waals surface area contributed by atoms with Crippen LogP contribution in [-0.2, 0) is 12.8 Å². The van der Waals surface area contributed by atoms with Gasteiger partial charge in [0.25, 0.3) is 0 Å². The van der Waals surface area contributed by atoms with E-state index in [0.717, 1.165) is 24.8 Å². The highest BCUT2D eigenvalue weighted by Crippen LogP contribution is 2.20. The molecule has 0 fully saturated rings. The Morgan fingerprint density at radius 2 is 1.47 bits per heavy atom. The van der Waals surface area contributed by atoms with Crippen LogP contribution >= 0.6 is 0 Å². The van der Waals surface area contributed by atoms with Crippen LogP contribution in [0.1, 0.15) is 67.7 Å². The average molecular weight is 405 g/mol. The molecular formula is C24H28N4O2. The first-order chi connectivity index (χ1) is 14.7. The minimum atomic E-state index is -0.371. The number of hydrogen-bond acceptors (Lipinski definition) is 6. The highest BCUT2D eigenvalue weighted by atomic mass is 16.5. The fourth-order valence-corrected chi connectivity index (χ4v) is 3.09. The van der Waals surface area contributed by atoms with E-state index < -0.39 is 0 Å². The zero-order chi connectivity index (χ0) is 21.2. The monoisotopic (exact) mass is 404 g/mol. The van der Waals surface area contributed by atoms with Gasteiger partial charge in [-0.3, -0.25) is 0 Å². The van der Waals surface area contributed by atoms with Gasteiger partial charge in [-0.15, -0.1) is 20.4 Å². The van der Waals surface area contributed by atoms with E-state index in [1.54, 1.807) is 24.3 Å². The Morgan fingerprint density at radius 1 is 0.767 bits per heavy atom. The number of benzene rings is 2. The average Bonchev–Trinajstić information content (AvgIpc) is 2.78. The summed E-state index contributed by atoms with van der Waals surface area (Å²) in [5.74, 6) is 1.18. The largest absolute Gasteiger partial charge is 0.423 e. The van der Waals surface area contributed by atoms with E-state index in [0.29, 0.717) is 23.0 Å². The lowest BCUT2D eigenvalue weighted by Gasteiger charge is -2.06. The number of esters is 1. The third kappa shape index (κ3) is 6.17. The number of rotatable bonds is 10. The Balaban J connectivity index is 1.56. The number of carbonyl (C=O) groups excluding carboxylic acids is 1. The molecule has 6 heteroatoms. The van der Waals surface area contributed by atoms with Crippen molar-refractivity contribution >= 4 is 5.97 Å². The SMILES string of the molecule is CCCCCCc1ccc(C(=O)Oc2ccc(-c3nnc(CCC)nn3)cc2)cc1. The van der Waals surface area contributed by atoms with Gasteiger partial charge in [-0.05, 0) is 61.2 Å². The topological polar surface area (TPSA) is 77.9 Å². The second-order valence-corrected chi connectivity index (χ2v) is 7.31. The molecule has 0 bridgehead atoms. The van der Waals surface area contributed by atoms with Gasteiger partial charge in [0.15, 0.2) is 5.82 Å². The van der Waals surface area contributed by atoms with Gasteiger partial charge in [0.2, 0.25) is 5.82 Å². The van der Waals surface area contributed by atoms with Gasteiger partial charge in [0.05, 0.1) is 5.56 Å². The quantitative estimate of drug-likeness (QED) is 0.262. The third-order valence-electron chi connectivity index (χ3n) is 4.83. The first kappa shape index (κ1) is 21.6. The smallest absolute Gasteiger partial charge is 0.343 e. The molecule has 3 aromatic rings. The molecule has 0 spiro atoms. The van der Waals surface area contributed by atoms with Crippen LogP contribution in [0.15, 0.2) is 48.5 Å². The number of aryl methyl sites for hydroxylation is 2. The Kier molecular flexibility index (Phi) is 8.01. The Morgan fingerprint density at radius 3 is 2.10 bits per heavy atom. The van der Waals surface area contributed by atoms with Gasteiger partial charge in [-0.25, -0.2) is 4.79 Å². The van der Waals surface area contributed by atoms with Crippen LogP contribution in [0.25, 0.3) is 11.4 Å². The second-order valence-electron chi connectivity index (χ2n) is 7.31. The second kappa shape index (κ2) is 11.1. The molecule has 2 aromatic carbocycles. The lowest BCUT2D eigenvalue weighted by Crippen LogP contribution is -2.08. The molecule has 0 amide bonds. The Bertz CT molecular complexity index is 923. The van der Waals surface area contributed by atoms with Crippen LogP contribution in [0.4, 0.5) is 0 Å². The molecular weight excluding hydrogens is 376 g/mol. The number of aromatic nitrogens is 4. The molecule has 0 saturated heterocycles. The zero-order valence-electron chi connectivity index (χ0n) is 17.7. The van der Waals surface area contributed by atoms with Gasteiger partial charge in [-0.2, -0.15) is 0 Å². The maximum atomic E-state index is 12.4. The molecule has 1 heterocycles. The van der Waals surface area contributed by atoms with Gasteiger partial charge < -0.3 is 4.74 Å². The summed E-state index contributed by atoms with van der Waals surface area (Å²) in [5.41, 5.74) is 2.56. The van der Waals surface area contributed by atoms with Crippen molar-refractivity contribution in [3.05, 3.63) is 65.5 Å². The first-order valence-corrected chi connectivity index (χ1v) is 10.7. The summed E-state index contributed by atoms with van der Waals surface area (Å²) in [6.07, 6.45) is 7.68. The van der Waals surface area contributed by atoms with E-state index in [4.69, 9.17) is 4.74 Å². The highest BCUT2D eigenvalue weighted by Gasteiger charge is 2.10. The molecule has 30 heavy (non-hydrogen) atoms. The lowest BCUT2D eigenvalue weighted by molar-refractivity contribution is 0.0735. The molecule has 0 aliphatic rings. The van der Waals surface area contributed by atoms with Crippen LogP contribution in [-0.4, -0.2) is 26.4 Å². The van der Waals surface area contributed by atoms with Crippen LogP contribution in [0.2, 0.25) is 0 Å². The number of unbranched alkanes of at least 4 members (excludes halogenated alkanes) is 3. The highest BCUT2D eigenvalue weighted by molar-refractivity contribution is 5.91. The summed E-state index contributed by atoms with van der Waals surface area (Å²) < 4.78 is 5.48. The van der Waals surface area contributed by atoms with Crippen molar-refractivity contribution in [1.82, 2.24) is 20.4 Å². The number of ether oxygens (including phenoxy) is 1. The molecule has 6 nitrogen and oxygen atoms in total. The molecule has 0 N–H and O–H groups in total. The number of hydrogen-bond donors (Lipinski definition) is 0. The van der Waals surface area contributed by atoms with Crippen LogP contribution < -0.4 is 4.74 Å². The van der Waals surface area contributed by atoms with Gasteiger partial charge >= 0.3 is 5.97 Å². The summed E-state index contributed by atoms with van der Waals surface area (Å²) in [5, 5.41) is 16.4. The summed E-state index contributed by atoms with van der Waals surface area (Å²) in [6, 6.07) is 14.7. The number of nitrogens with zero attached hydrogens (tertiary/aromatic N) is 4. The molecule has 0 atom stereocenters. The van der Waals surface area contributed by atoms with Crippen molar-refractivity contribution in [2.24, 2.45) is 0 Å². The molecule has 0 saturated carbocycles. The van der Waals surface area contributed by atoms with E-state index in [2.05, 4.69) is 34.2 Å². The molecule has 0 aliphatic heterocycles. The minimum absolute atomic E-state index is 0.371. The van der Waals surface area contributed by atoms with E-state index in [1.807, 2.05) is 24.3 Å². The summed E-state index contributed by atoms with van der Waals surface area (Å²) in [7, 11) is 0. The van der Waals surface area contributed by atoms with Crippen molar-refractivity contribution in [2.75, 3.05) is 0 Å². The summed E-state index contributed by atoms with van der Waals surface area (Å²) in [6.45, 7) is 4.27. The van der Waals surface area contributed by atoms with Crippen LogP contribution in [0, 0.1) is 0 Å². The van der Waals surface area contributed by atoms with Crippen molar-refractivity contribution in [2.45, 2.75) is 58.8 Å². The number of carbonyl (C=O) groups is 1. The van der Waals surface area contributed by atoms with Crippen LogP contribution in [0.3, 0.4) is 0 Å². The fraction of sp³-hybridized carbons (Fsp3) is 0.375. The molecule has 156 valence electrons. The molecule has 3 rings (SSSR count). The summed E-state index contributed by atoms with van der Waals surface area (Å²) >= 11 is 0. The zero-order valence-corrected chi connectivity index (χ0v) is 17.7. The standard InChI is InChI=1S/C24H28N4O2/c1-3-5-6-7-9-18-10-12-20(13-11-18)24(29)30-21-16-14-19(15-17-21)23-27-25-22(8-4-2)26-28-23/h10-17H,3-9H2,1-2H3. The molecule has 0 aliphatic carbocycles. The first-order valence-electron chi connectivity index (χ1n) is 10.7. The third-order valence-corrected chi connectivity index (χ3v) is 4.83. The van der Waals surface area contributed by atoms with Crippen LogP contribution in [0.5, 0.6) is 5.75 Å². The van der Waals surface area contributed by atoms with Crippen molar-refractivity contribution < 1.29 is 9.53 Å². The minimum Gasteiger partial charge on any atom is -0.423 e. The summed E-state index contributed by atoms with van der Waals surface area (Å²) in [4.78, 5) is 12.4.